The van der Waals surface area contributed by atoms with E-state index < -0.39 is 48.7 Å². The van der Waals surface area contributed by atoms with E-state index in [0.717, 1.165) is 30.6 Å². The van der Waals surface area contributed by atoms with Crippen LogP contribution in [0, 0.1) is 18.8 Å². The molecule has 4 amide bonds. The molecule has 1 saturated carbocycles. The van der Waals surface area contributed by atoms with Crippen LogP contribution in [-0.4, -0.2) is 71.4 Å². The number of urea groups is 1. The lowest BCUT2D eigenvalue weighted by molar-refractivity contribution is -0.150. The van der Waals surface area contributed by atoms with Gasteiger partial charge in [0.2, 0.25) is 5.91 Å². The largest absolute Gasteiger partial charge is 0.410 e. The third kappa shape index (κ3) is 6.72. The molecule has 0 bridgehead atoms. The smallest absolute Gasteiger partial charge is 0.382 e. The first kappa shape index (κ1) is 29.3. The van der Waals surface area contributed by atoms with Crippen molar-refractivity contribution >= 4 is 23.7 Å². The number of carbonyl (C=O) groups is 3. The molecule has 0 radical (unpaired) electrons. The highest BCUT2D eigenvalue weighted by atomic mass is 19.4. The quantitative estimate of drug-likeness (QED) is 0.422. The molecule has 14 heteroatoms. The van der Waals surface area contributed by atoms with Gasteiger partial charge in [-0.2, -0.15) is 13.2 Å². The topological polar surface area (TPSA) is 139 Å². The van der Waals surface area contributed by atoms with Crippen molar-refractivity contribution in [2.45, 2.75) is 63.8 Å². The van der Waals surface area contributed by atoms with Gasteiger partial charge in [0, 0.05) is 18.9 Å². The first-order chi connectivity index (χ1) is 19.0. The van der Waals surface area contributed by atoms with Crippen LogP contribution in [0.5, 0.6) is 0 Å². The van der Waals surface area contributed by atoms with Gasteiger partial charge in [-0.15, -0.1) is 0 Å². The number of halogens is 3. The number of aromatic nitrogens is 2. The van der Waals surface area contributed by atoms with E-state index >= 15 is 0 Å². The molecule has 2 aliphatic rings. The molecule has 0 aromatic carbocycles. The second-order valence-electron chi connectivity index (χ2n) is 10.4. The summed E-state index contributed by atoms with van der Waals surface area (Å²) in [7, 11) is 1.38. The van der Waals surface area contributed by atoms with Crippen molar-refractivity contribution in [3.05, 3.63) is 41.4 Å². The summed E-state index contributed by atoms with van der Waals surface area (Å²) in [6.45, 7) is 3.15. The highest BCUT2D eigenvalue weighted by molar-refractivity contribution is 6.00. The van der Waals surface area contributed by atoms with Crippen LogP contribution in [0.25, 0.3) is 0 Å². The first-order valence-electron chi connectivity index (χ1n) is 13.1. The maximum absolute atomic E-state index is 13.5. The Morgan fingerprint density at radius 1 is 1.27 bits per heavy atom. The molecule has 40 heavy (non-hydrogen) atoms. The third-order valence-corrected chi connectivity index (χ3v) is 7.52. The van der Waals surface area contributed by atoms with Crippen molar-refractivity contribution < 1.29 is 36.8 Å². The van der Waals surface area contributed by atoms with Crippen LogP contribution in [-0.2, 0) is 9.53 Å². The molecule has 0 spiro atoms. The summed E-state index contributed by atoms with van der Waals surface area (Å²) < 4.78 is 49.8. The molecule has 2 fully saturated rings. The van der Waals surface area contributed by atoms with E-state index in [1.165, 1.54) is 25.6 Å². The number of pyridine rings is 1. The van der Waals surface area contributed by atoms with Crippen LogP contribution < -0.4 is 16.0 Å². The average molecular weight is 567 g/mol. The molecule has 3 atom stereocenters. The lowest BCUT2D eigenvalue weighted by Crippen LogP contribution is -2.49. The minimum Gasteiger partial charge on any atom is -0.382 e. The van der Waals surface area contributed by atoms with Gasteiger partial charge in [-0.3, -0.25) is 9.59 Å². The van der Waals surface area contributed by atoms with Crippen molar-refractivity contribution in [1.29, 1.82) is 0 Å². The fourth-order valence-corrected chi connectivity index (χ4v) is 5.19. The zero-order valence-electron chi connectivity index (χ0n) is 22.5. The molecule has 1 unspecified atom stereocenters. The van der Waals surface area contributed by atoms with Crippen LogP contribution >= 0.6 is 0 Å². The molecule has 2 aromatic rings. The van der Waals surface area contributed by atoms with E-state index in [1.54, 1.807) is 13.0 Å². The second kappa shape index (κ2) is 12.2. The van der Waals surface area contributed by atoms with Crippen molar-refractivity contribution in [1.82, 2.24) is 25.7 Å². The Morgan fingerprint density at radius 2 is 2.00 bits per heavy atom. The van der Waals surface area contributed by atoms with Crippen LogP contribution in [0.1, 0.15) is 60.3 Å². The van der Waals surface area contributed by atoms with Gasteiger partial charge in [-0.25, -0.2) is 9.78 Å². The zero-order chi connectivity index (χ0) is 29.0. The molecule has 1 saturated heterocycles. The Balaban J connectivity index is 1.53. The number of aryl methyl sites for hydroxylation is 1. The number of nitrogens with one attached hydrogen (secondary N) is 3. The summed E-state index contributed by atoms with van der Waals surface area (Å²) in [5.41, 5.74) is 1.05. The van der Waals surface area contributed by atoms with Gasteiger partial charge >= 0.3 is 12.2 Å². The maximum Gasteiger partial charge on any atom is 0.410 e. The molecular weight excluding hydrogens is 533 g/mol. The molecule has 11 nitrogen and oxygen atoms in total. The highest BCUT2D eigenvalue weighted by Crippen LogP contribution is 2.32. The maximum atomic E-state index is 13.5. The monoisotopic (exact) mass is 566 g/mol. The summed E-state index contributed by atoms with van der Waals surface area (Å²) in [4.78, 5) is 44.1. The molecule has 218 valence electrons. The molecule has 3 N–H and O–H groups in total. The predicted molar refractivity (Wildman–Crippen MR) is 136 cm³/mol. The number of ether oxygens (including phenoxy) is 1. The van der Waals surface area contributed by atoms with E-state index in [0.29, 0.717) is 17.0 Å². The van der Waals surface area contributed by atoms with Gasteiger partial charge in [0.05, 0.1) is 19.2 Å². The van der Waals surface area contributed by atoms with E-state index in [4.69, 9.17) is 9.26 Å². The Hall–Kier alpha value is -3.68. The van der Waals surface area contributed by atoms with Gasteiger partial charge < -0.3 is 30.1 Å². The molecule has 3 heterocycles. The van der Waals surface area contributed by atoms with Gasteiger partial charge in [0.15, 0.2) is 5.69 Å². The molecule has 1 aliphatic carbocycles. The summed E-state index contributed by atoms with van der Waals surface area (Å²) in [6, 6.07) is -1.59. The fourth-order valence-electron chi connectivity index (χ4n) is 5.19. The van der Waals surface area contributed by atoms with Gasteiger partial charge in [0.1, 0.15) is 24.2 Å². The van der Waals surface area contributed by atoms with E-state index in [9.17, 15) is 27.6 Å². The third-order valence-electron chi connectivity index (χ3n) is 7.52. The molecule has 4 rings (SSSR count). The van der Waals surface area contributed by atoms with E-state index in [1.807, 2.05) is 5.32 Å². The van der Waals surface area contributed by atoms with Crippen LogP contribution in [0.3, 0.4) is 0 Å². The number of nitrogens with zero attached hydrogens (tertiary/aromatic N) is 3. The number of alkyl halides is 3. The van der Waals surface area contributed by atoms with Crippen molar-refractivity contribution in [2.75, 3.05) is 25.6 Å². The van der Waals surface area contributed by atoms with Gasteiger partial charge in [-0.1, -0.05) is 24.9 Å². The lowest BCUT2D eigenvalue weighted by atomic mass is 9.79. The SMILES string of the molecule is COCC(c1ccnc(NC(=O)[C@@H](NC(=O)c2nocc2C)C2CCC(C)CC2)c1)N1C[C@@H](C(F)(F)F)NC1=O. The van der Waals surface area contributed by atoms with Gasteiger partial charge in [0.25, 0.3) is 5.91 Å². The van der Waals surface area contributed by atoms with Crippen LogP contribution in [0.4, 0.5) is 23.8 Å². The van der Waals surface area contributed by atoms with Crippen LogP contribution in [0.15, 0.2) is 29.1 Å². The summed E-state index contributed by atoms with van der Waals surface area (Å²) >= 11 is 0. The second-order valence-corrected chi connectivity index (χ2v) is 10.4. The number of rotatable bonds is 9. The number of anilines is 1. The summed E-state index contributed by atoms with van der Waals surface area (Å²) in [5.74, 6) is -0.505. The van der Waals surface area contributed by atoms with Crippen molar-refractivity contribution in [3.63, 3.8) is 0 Å². The van der Waals surface area contributed by atoms with Crippen molar-refractivity contribution in [3.8, 4) is 0 Å². The minimum absolute atomic E-state index is 0.0780. The lowest BCUT2D eigenvalue weighted by Gasteiger charge is -2.32. The predicted octanol–water partition coefficient (Wildman–Crippen LogP) is 3.59. The summed E-state index contributed by atoms with van der Waals surface area (Å²) in [6.07, 6.45) is 1.44. The normalized spacial score (nSPS) is 22.9. The molecule has 1 aliphatic heterocycles. The van der Waals surface area contributed by atoms with Crippen molar-refractivity contribution in [2.24, 2.45) is 11.8 Å². The Kier molecular flexibility index (Phi) is 8.96. The summed E-state index contributed by atoms with van der Waals surface area (Å²) in [5, 5.41) is 11.2. The Morgan fingerprint density at radius 3 is 2.60 bits per heavy atom. The number of amides is 4. The minimum atomic E-state index is -4.60. The number of hydrogen-bond donors (Lipinski definition) is 3. The number of hydrogen-bond acceptors (Lipinski definition) is 7. The zero-order valence-corrected chi connectivity index (χ0v) is 22.5. The number of methoxy groups -OCH3 is 1. The Bertz CT molecular complexity index is 1210. The molecule has 2 aromatic heterocycles. The van der Waals surface area contributed by atoms with E-state index in [2.05, 4.69) is 27.7 Å². The Labute approximate surface area is 229 Å². The van der Waals surface area contributed by atoms with E-state index in [-0.39, 0.29) is 24.0 Å². The van der Waals surface area contributed by atoms with Crippen LogP contribution in [0.2, 0.25) is 0 Å². The van der Waals surface area contributed by atoms with Gasteiger partial charge in [-0.05, 0) is 49.3 Å². The first-order valence-corrected chi connectivity index (χ1v) is 13.1. The average Bonchev–Trinajstić information content (AvgIpc) is 3.52. The molecular formula is C26H33F3N6O5. The standard InChI is InChI=1S/C26H33F3N6O5/c1-14-4-6-16(7-5-14)22(33-23(36)21-15(2)12-40-34-21)24(37)32-20-10-17(8-9-30-20)18(13-39-3)35-11-19(26(27,28)29)31-25(35)38/h8-10,12,14,16,18-19,22H,4-7,11,13H2,1-3H3,(H,31,38)(H,33,36)(H,30,32,37)/t14?,16?,18?,19-,22-/m0/s1. The highest BCUT2D eigenvalue weighted by Gasteiger charge is 2.48. The fraction of sp³-hybridized carbons (Fsp3) is 0.577. The number of carbonyl (C=O) groups excluding carboxylic acids is 3.